The van der Waals surface area contributed by atoms with Crippen LogP contribution in [0.3, 0.4) is 0 Å². The molecule has 2 aromatic rings. The van der Waals surface area contributed by atoms with E-state index in [1.165, 1.54) is 0 Å². The molecular formula is C18H21N5O2. The standard InChI is InChI=1S/C18H21N5O2/c1-23-10-19-12-7-6-11(9-15(12)23)8-14-17(24)22-18(21-14)20-13-4-3-5-16(13)25-2/h6-10,13,16H,3-5H2,1-2H3,(H2,20,21,22,24)/b14-8-/t13-,16-/m1/s1. The maximum absolute atomic E-state index is 12.2. The molecule has 7 nitrogen and oxygen atoms in total. The fraction of sp³-hybridized carbons (Fsp3) is 0.389. The van der Waals surface area contributed by atoms with Crippen LogP contribution in [0.1, 0.15) is 24.8 Å². The molecule has 1 aromatic carbocycles. The van der Waals surface area contributed by atoms with Crippen molar-refractivity contribution in [3.8, 4) is 0 Å². The Morgan fingerprint density at radius 1 is 1.40 bits per heavy atom. The van der Waals surface area contributed by atoms with Gasteiger partial charge in [-0.2, -0.15) is 0 Å². The van der Waals surface area contributed by atoms with E-state index < -0.39 is 0 Å². The Labute approximate surface area is 145 Å². The largest absolute Gasteiger partial charge is 0.379 e. The van der Waals surface area contributed by atoms with Crippen molar-refractivity contribution in [1.29, 1.82) is 0 Å². The molecule has 2 aliphatic rings. The van der Waals surface area contributed by atoms with Gasteiger partial charge in [-0.25, -0.2) is 9.98 Å². The summed E-state index contributed by atoms with van der Waals surface area (Å²) in [5, 5.41) is 6.10. The van der Waals surface area contributed by atoms with E-state index in [1.54, 1.807) is 19.5 Å². The minimum absolute atomic E-state index is 0.167. The number of hydrogen-bond donors (Lipinski definition) is 2. The van der Waals surface area contributed by atoms with Gasteiger partial charge >= 0.3 is 0 Å². The van der Waals surface area contributed by atoms with Crippen molar-refractivity contribution < 1.29 is 9.53 Å². The van der Waals surface area contributed by atoms with E-state index in [2.05, 4.69) is 20.6 Å². The number of ether oxygens (including phenoxy) is 1. The molecule has 1 aliphatic carbocycles. The third-order valence-corrected chi connectivity index (χ3v) is 4.83. The molecule has 0 spiro atoms. The molecule has 1 saturated carbocycles. The smallest absolute Gasteiger partial charge is 0.276 e. The molecule has 1 aromatic heterocycles. The second-order valence-corrected chi connectivity index (χ2v) is 6.50. The number of guanidine groups is 1. The van der Waals surface area contributed by atoms with Crippen molar-refractivity contribution in [2.45, 2.75) is 31.4 Å². The van der Waals surface area contributed by atoms with Crippen molar-refractivity contribution in [2.75, 3.05) is 7.11 Å². The second kappa shape index (κ2) is 6.33. The van der Waals surface area contributed by atoms with E-state index in [1.807, 2.05) is 29.8 Å². The van der Waals surface area contributed by atoms with Crippen LogP contribution < -0.4 is 10.6 Å². The Bertz CT molecular complexity index is 883. The number of carbonyl (C=O) groups is 1. The monoisotopic (exact) mass is 339 g/mol. The van der Waals surface area contributed by atoms with Crippen LogP contribution in [0, 0.1) is 0 Å². The van der Waals surface area contributed by atoms with Crippen molar-refractivity contribution in [3.05, 3.63) is 35.8 Å². The summed E-state index contributed by atoms with van der Waals surface area (Å²) in [6, 6.07) is 6.07. The zero-order valence-corrected chi connectivity index (χ0v) is 14.3. The molecular weight excluding hydrogens is 318 g/mol. The van der Waals surface area contributed by atoms with Gasteiger partial charge in [-0.1, -0.05) is 6.07 Å². The lowest BCUT2D eigenvalue weighted by atomic mass is 10.1. The lowest BCUT2D eigenvalue weighted by Gasteiger charge is -2.19. The Morgan fingerprint density at radius 2 is 2.28 bits per heavy atom. The Kier molecular flexibility index (Phi) is 4.01. The number of aryl methyl sites for hydroxylation is 1. The van der Waals surface area contributed by atoms with Gasteiger partial charge in [-0.3, -0.25) is 10.1 Å². The maximum atomic E-state index is 12.2. The Hall–Kier alpha value is -2.67. The van der Waals surface area contributed by atoms with Gasteiger partial charge in [-0.15, -0.1) is 0 Å². The number of aromatic nitrogens is 2. The molecule has 7 heteroatoms. The molecule has 4 rings (SSSR count). The summed E-state index contributed by atoms with van der Waals surface area (Å²) in [6.07, 6.45) is 6.90. The summed E-state index contributed by atoms with van der Waals surface area (Å²) >= 11 is 0. The van der Waals surface area contributed by atoms with E-state index in [-0.39, 0.29) is 18.1 Å². The van der Waals surface area contributed by atoms with E-state index in [9.17, 15) is 4.79 Å². The lowest BCUT2D eigenvalue weighted by molar-refractivity contribution is -0.115. The zero-order chi connectivity index (χ0) is 17.4. The third kappa shape index (κ3) is 3.02. The van der Waals surface area contributed by atoms with Crippen molar-refractivity contribution >= 4 is 29.0 Å². The maximum Gasteiger partial charge on any atom is 0.276 e. The van der Waals surface area contributed by atoms with Crippen molar-refractivity contribution in [1.82, 2.24) is 20.2 Å². The minimum Gasteiger partial charge on any atom is -0.379 e. The van der Waals surface area contributed by atoms with E-state index in [0.717, 1.165) is 35.9 Å². The number of rotatable bonds is 3. The van der Waals surface area contributed by atoms with E-state index in [4.69, 9.17) is 4.74 Å². The van der Waals surface area contributed by atoms with Gasteiger partial charge in [0.05, 0.1) is 29.5 Å². The molecule has 0 bridgehead atoms. The molecule has 0 saturated heterocycles. The predicted octanol–water partition coefficient (Wildman–Crippen LogP) is 1.56. The van der Waals surface area contributed by atoms with Crippen LogP contribution in [-0.4, -0.2) is 40.7 Å². The summed E-state index contributed by atoms with van der Waals surface area (Å²) in [4.78, 5) is 20.9. The molecule has 2 atom stereocenters. The van der Waals surface area contributed by atoms with Gasteiger partial charge in [-0.05, 0) is 43.0 Å². The summed E-state index contributed by atoms with van der Waals surface area (Å²) in [6.45, 7) is 0. The van der Waals surface area contributed by atoms with Crippen molar-refractivity contribution in [2.24, 2.45) is 12.0 Å². The highest BCUT2D eigenvalue weighted by Crippen LogP contribution is 2.22. The van der Waals surface area contributed by atoms with Crippen LogP contribution in [0.15, 0.2) is 35.2 Å². The van der Waals surface area contributed by atoms with Crippen LogP contribution in [0.4, 0.5) is 0 Å². The topological polar surface area (TPSA) is 80.5 Å². The molecule has 2 N–H and O–H groups in total. The Balaban J connectivity index is 1.56. The molecule has 1 aliphatic heterocycles. The highest BCUT2D eigenvalue weighted by atomic mass is 16.5. The summed E-state index contributed by atoms with van der Waals surface area (Å²) in [5.74, 6) is 0.311. The molecule has 0 radical (unpaired) electrons. The van der Waals surface area contributed by atoms with Crippen LogP contribution >= 0.6 is 0 Å². The number of methoxy groups -OCH3 is 1. The molecule has 0 unspecified atom stereocenters. The lowest BCUT2D eigenvalue weighted by Crippen LogP contribution is -2.46. The first-order valence-corrected chi connectivity index (χ1v) is 8.46. The van der Waals surface area contributed by atoms with Crippen LogP contribution in [0.5, 0.6) is 0 Å². The number of fused-ring (bicyclic) bond motifs is 1. The fourth-order valence-electron chi connectivity index (χ4n) is 3.48. The van der Waals surface area contributed by atoms with Crippen LogP contribution in [-0.2, 0) is 16.6 Å². The third-order valence-electron chi connectivity index (χ3n) is 4.83. The summed E-state index contributed by atoms with van der Waals surface area (Å²) < 4.78 is 7.43. The Morgan fingerprint density at radius 3 is 3.12 bits per heavy atom. The number of amides is 1. The molecule has 1 amide bonds. The van der Waals surface area contributed by atoms with Crippen molar-refractivity contribution in [3.63, 3.8) is 0 Å². The highest BCUT2D eigenvalue weighted by Gasteiger charge is 2.30. The summed E-state index contributed by atoms with van der Waals surface area (Å²) in [7, 11) is 3.67. The number of nitrogens with one attached hydrogen (secondary N) is 2. The van der Waals surface area contributed by atoms with Gasteiger partial charge < -0.3 is 14.6 Å². The second-order valence-electron chi connectivity index (χ2n) is 6.50. The zero-order valence-electron chi connectivity index (χ0n) is 14.3. The number of nitrogens with zero attached hydrogens (tertiary/aromatic N) is 3. The van der Waals surface area contributed by atoms with Gasteiger partial charge in [0.25, 0.3) is 5.91 Å². The van der Waals surface area contributed by atoms with Gasteiger partial charge in [0.2, 0.25) is 5.96 Å². The number of carbonyl (C=O) groups excluding carboxylic acids is 1. The highest BCUT2D eigenvalue weighted by molar-refractivity contribution is 6.13. The number of hydrogen-bond acceptors (Lipinski definition) is 5. The first-order valence-electron chi connectivity index (χ1n) is 8.46. The summed E-state index contributed by atoms with van der Waals surface area (Å²) in [5.41, 5.74) is 3.26. The fourth-order valence-corrected chi connectivity index (χ4v) is 3.48. The first-order chi connectivity index (χ1) is 12.1. The van der Waals surface area contributed by atoms with Gasteiger partial charge in [0, 0.05) is 14.2 Å². The van der Waals surface area contributed by atoms with E-state index in [0.29, 0.717) is 11.7 Å². The first kappa shape index (κ1) is 15.8. The predicted molar refractivity (Wildman–Crippen MR) is 95.8 cm³/mol. The van der Waals surface area contributed by atoms with Gasteiger partial charge in [0.1, 0.15) is 5.70 Å². The molecule has 2 heterocycles. The quantitative estimate of drug-likeness (QED) is 0.832. The average Bonchev–Trinajstić information content (AvgIpc) is 3.29. The number of aliphatic imine (C=N–C) groups is 1. The normalized spacial score (nSPS) is 24.8. The average molecular weight is 339 g/mol. The molecule has 1 fully saturated rings. The van der Waals surface area contributed by atoms with E-state index >= 15 is 0 Å². The molecule has 25 heavy (non-hydrogen) atoms. The minimum atomic E-state index is -0.195. The molecule has 130 valence electrons. The van der Waals surface area contributed by atoms with Crippen LogP contribution in [0.2, 0.25) is 0 Å². The van der Waals surface area contributed by atoms with Gasteiger partial charge in [0.15, 0.2) is 0 Å². The SMILES string of the molecule is CO[C@@H]1CCC[C@H]1NC1=N/C(=C\c2ccc3ncn(C)c3c2)C(=O)N1. The number of benzene rings is 1. The van der Waals surface area contributed by atoms with Crippen LogP contribution in [0.25, 0.3) is 17.1 Å². The number of imidazole rings is 1.